The minimum absolute atomic E-state index is 0. The first-order chi connectivity index (χ1) is 67.0. The fourth-order valence-electron chi connectivity index (χ4n) is 13.7. The maximum Gasteiger partial charge on any atom is 1.00 e. The molecule has 4 aliphatic rings. The van der Waals surface area contributed by atoms with Gasteiger partial charge in [-0.1, -0.05) is 24.3 Å². The van der Waals surface area contributed by atoms with Crippen LogP contribution in [0.4, 0.5) is 136 Å². The van der Waals surface area contributed by atoms with Gasteiger partial charge in [0, 0.05) is 56.4 Å². The molecular formula is C88H64Li3N26Na3O22S6. The largest absolute Gasteiger partial charge is 1.00 e. The van der Waals surface area contributed by atoms with Gasteiger partial charge in [0.2, 0.25) is 23.1 Å². The minimum atomic E-state index is -5.32. The number of carbonyl (C=O) groups is 4. The van der Waals surface area contributed by atoms with Crippen molar-refractivity contribution >= 4 is 267 Å². The van der Waals surface area contributed by atoms with Gasteiger partial charge in [0.25, 0.3) is 0 Å². The summed E-state index contributed by atoms with van der Waals surface area (Å²) in [6.45, 7) is 0. The quantitative estimate of drug-likeness (QED) is 0.00795. The molecule has 4 aliphatic carbocycles. The smallest absolute Gasteiger partial charge is 0.744 e. The first-order valence-electron chi connectivity index (χ1n) is 40.1. The number of hydrazone groups is 4. The van der Waals surface area contributed by atoms with Crippen LogP contribution in [0.3, 0.4) is 0 Å². The van der Waals surface area contributed by atoms with Crippen molar-refractivity contribution in [1.29, 1.82) is 0 Å². The van der Waals surface area contributed by atoms with Crippen molar-refractivity contribution in [2.45, 2.75) is 9.79 Å². The zero-order valence-electron chi connectivity index (χ0n) is 77.7. The molecule has 60 heteroatoms. The molecule has 148 heavy (non-hydrogen) atoms. The molecule has 0 saturated carbocycles. The summed E-state index contributed by atoms with van der Waals surface area (Å²) < 4.78 is 223. The van der Waals surface area contributed by atoms with Gasteiger partial charge in [-0.2, -0.15) is 40.9 Å². The second-order valence-electron chi connectivity index (χ2n) is 30.4. The predicted molar refractivity (Wildman–Crippen MR) is 524 cm³/mol. The SMILES string of the molecule is Nc1ccc(N=Nc2ccc3c(c2)C(=O)/C(=N/Nc2ccc(Nc4ccc(N/N=C5/C(=O)c6cc(N=Nc7ccc(N)cc7N)ccc6C=C5S(=O)(=O)[O-])cc4S(=O)(=O)[O-])cc2)C(S(=O)(=O)[O-])=C3)c(N)c1.Nc1ccc(N=Nc2ccc3c(c2)C(=O)/C(=N/Nc2ccc(Nc4ccc(N/N=C5/C(=O)c6cc(N=Nc7ccc(N)cc7N)ccc6C=C5S(=O)(=O)[O-])cc4S(=O)(=O)[O-])cc2)C(S(=O)(=O)[O-])=C3)c(N)c1.[Li+].[Li+].[Li+].[Na+].[Na+].[Na+]. The van der Waals surface area contributed by atoms with E-state index in [1.807, 2.05) is 0 Å². The van der Waals surface area contributed by atoms with Crippen LogP contribution in [0.5, 0.6) is 0 Å². The summed E-state index contributed by atoms with van der Waals surface area (Å²) in [4.78, 5) is 49.2. The van der Waals surface area contributed by atoms with Gasteiger partial charge in [-0.15, -0.1) is 20.5 Å². The molecule has 0 unspecified atom stereocenters. The molecule has 12 aromatic carbocycles. The fourth-order valence-corrected chi connectivity index (χ4v) is 17.6. The van der Waals surface area contributed by atoms with Gasteiger partial charge in [-0.25, -0.2) is 50.5 Å². The first kappa shape index (κ1) is 118. The van der Waals surface area contributed by atoms with Gasteiger partial charge in [-0.3, -0.25) is 40.9 Å². The molecule has 0 radical (unpaired) electrons. The molecule has 48 nitrogen and oxygen atoms in total. The average Bonchev–Trinajstić information content (AvgIpc) is 0.770. The van der Waals surface area contributed by atoms with E-state index in [1.54, 1.807) is 24.3 Å². The number of fused-ring (bicyclic) bond motifs is 4. The average molecular weight is 2120 g/mol. The monoisotopic (exact) mass is 2120 g/mol. The zero-order chi connectivity index (χ0) is 102. The Balaban J connectivity index is 0.000000316. The Kier molecular flexibility index (Phi) is 38.7. The van der Waals surface area contributed by atoms with E-state index in [4.69, 9.17) is 45.9 Å². The number of nitrogen functional groups attached to an aromatic ring is 8. The first-order valence-corrected chi connectivity index (χ1v) is 48.5. The number of hydrogen-bond donors (Lipinski definition) is 14. The molecule has 0 fully saturated rings. The summed E-state index contributed by atoms with van der Waals surface area (Å²) in [5.74, 6) is -3.90. The van der Waals surface area contributed by atoms with E-state index >= 15 is 0 Å². The number of ketones is 4. The number of nitrogens with two attached hydrogens (primary N) is 8. The molecule has 22 N–H and O–H groups in total. The molecule has 16 rings (SSSR count). The van der Waals surface area contributed by atoms with Crippen molar-refractivity contribution in [2.75, 3.05) is 78.2 Å². The molecule has 0 spiro atoms. The molecular weight excluding hydrogens is 2060 g/mol. The normalized spacial score (nSPS) is 14.5. The maximum absolute atomic E-state index is 13.7. The van der Waals surface area contributed by atoms with Crippen LogP contribution in [0.15, 0.2) is 321 Å². The molecule has 720 valence electrons. The van der Waals surface area contributed by atoms with E-state index in [9.17, 15) is 97.0 Å². The molecule has 0 bridgehead atoms. The molecule has 0 aliphatic heterocycles. The molecule has 0 aromatic heterocycles. The number of rotatable bonds is 26. The van der Waals surface area contributed by atoms with Crippen LogP contribution in [-0.4, -0.2) is 124 Å². The number of anilines is 16. The Morgan fingerprint density at radius 2 is 0.439 bits per heavy atom. The van der Waals surface area contributed by atoms with E-state index in [0.717, 1.165) is 48.6 Å². The van der Waals surface area contributed by atoms with Gasteiger partial charge < -0.3 is 83.8 Å². The van der Waals surface area contributed by atoms with E-state index in [1.165, 1.54) is 182 Å². The Morgan fingerprint density at radius 3 is 0.649 bits per heavy atom. The summed E-state index contributed by atoms with van der Waals surface area (Å²) in [5.41, 5.74) is 57.2. The second kappa shape index (κ2) is 48.4. The third-order valence-electron chi connectivity index (χ3n) is 20.5. The van der Waals surface area contributed by atoms with Crippen LogP contribution in [0, 0.1) is 0 Å². The van der Waals surface area contributed by atoms with E-state index in [2.05, 4.69) is 93.7 Å². The standard InChI is InChI=1S/2C44H35N13O11S3.3Li.3Na/c2*45-24-3-12-35(33(47)17-24)54-51-28-5-1-22-15-39(70(63,64)65)41(43(58)31(22)19-28)56-50-27-9-7-26(8-10-27)49-37-14-11-30(21-38(37)69(60,61)62)53-57-42-40(71(66,67)68)16-23-2-6-29(20-32(23)44(42)59)52-55-36-13-4-25(46)18-34(36)48;;;;;;/h2*1-21,49-50,53H,45-48H2,(H,60,61,62)(H,63,64,65)(H,66,67,68);;;;;;/q;;6*+1/p-6/b2*54-51?,55-52?,56-41+,57-42+;;;;;;. The van der Waals surface area contributed by atoms with Crippen molar-refractivity contribution in [3.63, 3.8) is 0 Å². The number of hydrogen-bond acceptors (Lipinski definition) is 48. The topological polar surface area (TPSA) is 840 Å². The van der Waals surface area contributed by atoms with Crippen molar-refractivity contribution < 1.29 is 242 Å². The number of azo groups is 4. The van der Waals surface area contributed by atoms with E-state index in [-0.39, 0.29) is 292 Å². The molecule has 0 heterocycles. The van der Waals surface area contributed by atoms with Crippen LogP contribution >= 0.6 is 0 Å². The number of Topliss-reactive ketones (excluding diaryl/α,β-unsaturated/α-hetero) is 4. The number of benzene rings is 12. The van der Waals surface area contributed by atoms with Crippen molar-refractivity contribution in [3.05, 3.63) is 295 Å². The van der Waals surface area contributed by atoms with Gasteiger partial charge in [0.05, 0.1) is 109 Å². The van der Waals surface area contributed by atoms with Gasteiger partial charge in [0.1, 0.15) is 106 Å². The Bertz CT molecular complexity index is 8140. The fraction of sp³-hybridized carbons (Fsp3) is 0. The van der Waals surface area contributed by atoms with Crippen molar-refractivity contribution in [3.8, 4) is 0 Å². The van der Waals surface area contributed by atoms with Crippen molar-refractivity contribution in [1.82, 2.24) is 0 Å². The summed E-state index contributed by atoms with van der Waals surface area (Å²) in [5, 5.41) is 53.7. The summed E-state index contributed by atoms with van der Waals surface area (Å²) in [6, 6.07) is 52.0. The molecule has 0 atom stereocenters. The Labute approximate surface area is 943 Å². The van der Waals surface area contributed by atoms with E-state index < -0.39 is 136 Å². The number of carbonyl (C=O) groups excluding carboxylic acids is 4. The van der Waals surface area contributed by atoms with Crippen LogP contribution in [-0.2, 0) is 60.7 Å². The number of allylic oxidation sites excluding steroid dienone is 4. The zero-order valence-corrected chi connectivity index (χ0v) is 88.6. The van der Waals surface area contributed by atoms with Crippen LogP contribution in [0.2, 0.25) is 0 Å². The number of nitrogens with one attached hydrogen (secondary N) is 6. The Morgan fingerprint density at radius 1 is 0.230 bits per heavy atom. The third-order valence-corrected chi connectivity index (χ3v) is 25.6. The van der Waals surface area contributed by atoms with Crippen LogP contribution in [0.25, 0.3) is 24.3 Å². The second-order valence-corrected chi connectivity index (χ2v) is 38.4. The molecule has 12 aromatic rings. The Hall–Kier alpha value is -13.2. The minimum Gasteiger partial charge on any atom is -0.744 e. The maximum atomic E-state index is 13.7. The molecule has 0 amide bonds. The van der Waals surface area contributed by atoms with Crippen molar-refractivity contribution in [2.24, 2.45) is 61.3 Å². The summed E-state index contributed by atoms with van der Waals surface area (Å²) in [7, 11) is -31.6. The molecule has 0 saturated heterocycles. The predicted octanol–water partition coefficient (Wildman–Crippen LogP) is -4.79. The third kappa shape index (κ3) is 28.4. The van der Waals surface area contributed by atoms with Gasteiger partial charge in [0.15, 0.2) is 0 Å². The van der Waals surface area contributed by atoms with Gasteiger partial charge >= 0.3 is 145 Å². The summed E-state index contributed by atoms with van der Waals surface area (Å²) in [6.07, 6.45) is 3.85. The van der Waals surface area contributed by atoms with Gasteiger partial charge in [-0.05, 0) is 253 Å². The summed E-state index contributed by atoms with van der Waals surface area (Å²) >= 11 is 0. The van der Waals surface area contributed by atoms with E-state index in [0.29, 0.717) is 34.1 Å². The van der Waals surface area contributed by atoms with Crippen LogP contribution in [0.1, 0.15) is 63.7 Å². The van der Waals surface area contributed by atoms with Crippen LogP contribution < -0.4 is 223 Å². The number of nitrogens with zero attached hydrogens (tertiary/aromatic N) is 12.